The quantitative estimate of drug-likeness (QED) is 0.729. The fourth-order valence-corrected chi connectivity index (χ4v) is 2.20. The number of anilines is 2. The van der Waals surface area contributed by atoms with Crippen LogP contribution in [0.1, 0.15) is 5.76 Å². The van der Waals surface area contributed by atoms with Crippen molar-refractivity contribution in [3.05, 3.63) is 54.6 Å². The summed E-state index contributed by atoms with van der Waals surface area (Å²) in [6.07, 6.45) is 3.49. The van der Waals surface area contributed by atoms with Gasteiger partial charge in [-0.25, -0.2) is 0 Å². The molecule has 0 aliphatic heterocycles. The number of fused-ring (bicyclic) bond motifs is 1. The van der Waals surface area contributed by atoms with Gasteiger partial charge in [0.15, 0.2) is 0 Å². The average molecular weight is 253 g/mol. The van der Waals surface area contributed by atoms with E-state index in [0.29, 0.717) is 0 Å². The highest BCUT2D eigenvalue weighted by Gasteiger charge is 2.08. The van der Waals surface area contributed by atoms with Crippen LogP contribution in [0.25, 0.3) is 10.9 Å². The van der Waals surface area contributed by atoms with E-state index in [4.69, 9.17) is 10.2 Å². The van der Waals surface area contributed by atoms with E-state index in [9.17, 15) is 0 Å². The second kappa shape index (κ2) is 4.65. The van der Waals surface area contributed by atoms with E-state index in [1.54, 1.807) is 12.5 Å². The van der Waals surface area contributed by atoms with Gasteiger partial charge in [0.25, 0.3) is 0 Å². The van der Waals surface area contributed by atoms with E-state index < -0.39 is 0 Å². The zero-order chi connectivity index (χ0) is 13.2. The van der Waals surface area contributed by atoms with Crippen molar-refractivity contribution in [1.29, 1.82) is 0 Å². The lowest BCUT2D eigenvalue weighted by molar-refractivity contribution is 0.508. The highest BCUT2D eigenvalue weighted by Crippen LogP contribution is 2.26. The molecule has 0 radical (unpaired) electrons. The van der Waals surface area contributed by atoms with Crippen LogP contribution >= 0.6 is 0 Å². The third-order valence-corrected chi connectivity index (χ3v) is 3.13. The van der Waals surface area contributed by atoms with Gasteiger partial charge in [0.1, 0.15) is 5.76 Å². The summed E-state index contributed by atoms with van der Waals surface area (Å²) in [5.41, 5.74) is 8.54. The van der Waals surface area contributed by atoms with Crippen molar-refractivity contribution in [1.82, 2.24) is 4.98 Å². The van der Waals surface area contributed by atoms with Crippen LogP contribution in [0.3, 0.4) is 0 Å². The van der Waals surface area contributed by atoms with E-state index in [2.05, 4.69) is 9.88 Å². The first-order valence-electron chi connectivity index (χ1n) is 6.12. The Bertz CT molecular complexity index is 692. The molecular weight excluding hydrogens is 238 g/mol. The Balaban J connectivity index is 2.00. The molecule has 3 aromatic rings. The molecule has 0 atom stereocenters. The maximum Gasteiger partial charge on any atom is 0.123 e. The summed E-state index contributed by atoms with van der Waals surface area (Å²) >= 11 is 0. The zero-order valence-electron chi connectivity index (χ0n) is 10.7. The summed E-state index contributed by atoms with van der Waals surface area (Å²) in [6, 6.07) is 11.7. The number of hydrogen-bond acceptors (Lipinski definition) is 4. The van der Waals surface area contributed by atoms with Crippen LogP contribution in [0.15, 0.2) is 53.3 Å². The lowest BCUT2D eigenvalue weighted by atomic mass is 10.1. The number of nitrogens with two attached hydrogens (primary N) is 1. The Hall–Kier alpha value is -2.49. The van der Waals surface area contributed by atoms with Gasteiger partial charge in [-0.2, -0.15) is 0 Å². The number of furan rings is 1. The third kappa shape index (κ3) is 2.25. The van der Waals surface area contributed by atoms with E-state index >= 15 is 0 Å². The van der Waals surface area contributed by atoms with Gasteiger partial charge >= 0.3 is 0 Å². The van der Waals surface area contributed by atoms with Crippen LogP contribution in [-0.2, 0) is 6.54 Å². The summed E-state index contributed by atoms with van der Waals surface area (Å²) in [6.45, 7) is 0.719. The molecule has 1 aromatic carbocycles. The van der Waals surface area contributed by atoms with Crippen molar-refractivity contribution >= 4 is 22.3 Å². The Morgan fingerprint density at radius 3 is 2.95 bits per heavy atom. The summed E-state index contributed by atoms with van der Waals surface area (Å²) in [7, 11) is 2.04. The first-order valence-corrected chi connectivity index (χ1v) is 6.12. The molecule has 0 amide bonds. The van der Waals surface area contributed by atoms with E-state index in [1.807, 2.05) is 43.4 Å². The monoisotopic (exact) mass is 253 g/mol. The van der Waals surface area contributed by atoms with Gasteiger partial charge in [0.2, 0.25) is 0 Å². The Morgan fingerprint density at radius 1 is 1.26 bits per heavy atom. The molecule has 2 aromatic heterocycles. The fourth-order valence-electron chi connectivity index (χ4n) is 2.20. The van der Waals surface area contributed by atoms with Gasteiger partial charge in [0, 0.05) is 30.0 Å². The largest absolute Gasteiger partial charge is 0.467 e. The van der Waals surface area contributed by atoms with Crippen molar-refractivity contribution in [2.75, 3.05) is 17.7 Å². The number of benzene rings is 1. The van der Waals surface area contributed by atoms with Crippen molar-refractivity contribution in [3.63, 3.8) is 0 Å². The van der Waals surface area contributed by atoms with Crippen molar-refractivity contribution in [3.8, 4) is 0 Å². The zero-order valence-corrected chi connectivity index (χ0v) is 10.7. The minimum atomic E-state index is 0.719. The molecular formula is C15H15N3O. The van der Waals surface area contributed by atoms with Crippen LogP contribution in [0, 0.1) is 0 Å². The smallest absolute Gasteiger partial charge is 0.123 e. The van der Waals surface area contributed by atoms with E-state index in [0.717, 1.165) is 34.6 Å². The second-order valence-corrected chi connectivity index (χ2v) is 4.54. The Morgan fingerprint density at radius 2 is 2.16 bits per heavy atom. The minimum Gasteiger partial charge on any atom is -0.467 e. The number of pyridine rings is 1. The molecule has 4 nitrogen and oxygen atoms in total. The van der Waals surface area contributed by atoms with Crippen LogP contribution in [-0.4, -0.2) is 12.0 Å². The first-order chi connectivity index (χ1) is 9.24. The predicted molar refractivity (Wildman–Crippen MR) is 77.0 cm³/mol. The van der Waals surface area contributed by atoms with Crippen LogP contribution < -0.4 is 10.6 Å². The summed E-state index contributed by atoms with van der Waals surface area (Å²) in [5.74, 6) is 0.933. The predicted octanol–water partition coefficient (Wildman–Crippen LogP) is 3.05. The SMILES string of the molecule is CN(Cc1ccco1)c1ccnc2cc(N)ccc12. The molecule has 0 unspecified atom stereocenters. The maximum atomic E-state index is 5.79. The molecule has 96 valence electrons. The minimum absolute atomic E-state index is 0.719. The van der Waals surface area contributed by atoms with Crippen LogP contribution in [0.4, 0.5) is 11.4 Å². The van der Waals surface area contributed by atoms with Gasteiger partial charge in [-0.1, -0.05) is 0 Å². The molecule has 0 bridgehead atoms. The lowest BCUT2D eigenvalue weighted by Crippen LogP contribution is -2.16. The number of hydrogen-bond donors (Lipinski definition) is 1. The normalized spacial score (nSPS) is 10.8. The van der Waals surface area contributed by atoms with Crippen LogP contribution in [0.5, 0.6) is 0 Å². The molecule has 4 heteroatoms. The second-order valence-electron chi connectivity index (χ2n) is 4.54. The van der Waals surface area contributed by atoms with Gasteiger partial charge in [-0.3, -0.25) is 4.98 Å². The fraction of sp³-hybridized carbons (Fsp3) is 0.133. The Kier molecular flexibility index (Phi) is 2.83. The molecule has 0 fully saturated rings. The molecule has 0 aliphatic rings. The third-order valence-electron chi connectivity index (χ3n) is 3.13. The van der Waals surface area contributed by atoms with Crippen molar-refractivity contribution in [2.24, 2.45) is 0 Å². The molecule has 0 saturated heterocycles. The first kappa shape index (κ1) is 11.6. The standard InChI is InChI=1S/C15H15N3O/c1-18(10-12-3-2-8-19-12)15-6-7-17-14-9-11(16)4-5-13(14)15/h2-9H,10,16H2,1H3. The summed E-state index contributed by atoms with van der Waals surface area (Å²) < 4.78 is 5.38. The molecule has 19 heavy (non-hydrogen) atoms. The van der Waals surface area contributed by atoms with E-state index in [-0.39, 0.29) is 0 Å². The van der Waals surface area contributed by atoms with Crippen molar-refractivity contribution in [2.45, 2.75) is 6.54 Å². The molecule has 3 rings (SSSR count). The number of nitrogen functional groups attached to an aromatic ring is 1. The van der Waals surface area contributed by atoms with Gasteiger partial charge in [-0.15, -0.1) is 0 Å². The number of rotatable bonds is 3. The highest BCUT2D eigenvalue weighted by molar-refractivity contribution is 5.93. The molecule has 2 N–H and O–H groups in total. The topological polar surface area (TPSA) is 55.3 Å². The average Bonchev–Trinajstić information content (AvgIpc) is 2.90. The van der Waals surface area contributed by atoms with Gasteiger partial charge in [-0.05, 0) is 36.4 Å². The summed E-state index contributed by atoms with van der Waals surface area (Å²) in [4.78, 5) is 6.49. The van der Waals surface area contributed by atoms with Gasteiger partial charge < -0.3 is 15.1 Å². The number of nitrogens with zero attached hydrogens (tertiary/aromatic N) is 2. The van der Waals surface area contributed by atoms with Crippen LogP contribution in [0.2, 0.25) is 0 Å². The highest BCUT2D eigenvalue weighted by atomic mass is 16.3. The molecule has 0 saturated carbocycles. The Labute approximate surface area is 111 Å². The summed E-state index contributed by atoms with van der Waals surface area (Å²) in [5, 5.41) is 1.09. The molecule has 0 spiro atoms. The maximum absolute atomic E-state index is 5.79. The van der Waals surface area contributed by atoms with Gasteiger partial charge in [0.05, 0.1) is 18.3 Å². The number of aromatic nitrogens is 1. The molecule has 2 heterocycles. The van der Waals surface area contributed by atoms with Crippen molar-refractivity contribution < 1.29 is 4.42 Å². The lowest BCUT2D eigenvalue weighted by Gasteiger charge is -2.19. The van der Waals surface area contributed by atoms with E-state index in [1.165, 1.54) is 0 Å². The molecule has 0 aliphatic carbocycles.